The van der Waals surface area contributed by atoms with Gasteiger partial charge in [0.05, 0.1) is 12.0 Å². The monoisotopic (exact) mass is 177 g/mol. The zero-order chi connectivity index (χ0) is 9.26. The number of halogens is 1. The van der Waals surface area contributed by atoms with Crippen LogP contribution < -0.4 is 5.73 Å². The minimum atomic E-state index is -0.307. The number of aromatic nitrogens is 2. The van der Waals surface area contributed by atoms with Gasteiger partial charge in [0.25, 0.3) is 0 Å². The molecule has 1 heterocycles. The van der Waals surface area contributed by atoms with E-state index in [2.05, 4.69) is 9.97 Å². The Kier molecular flexibility index (Phi) is 1.73. The van der Waals surface area contributed by atoms with E-state index in [0.29, 0.717) is 17.1 Å². The summed E-state index contributed by atoms with van der Waals surface area (Å²) in [6.07, 6.45) is 1.44. The topological polar surface area (TPSA) is 54.7 Å². The Morgan fingerprint density at radius 3 is 2.69 bits per heavy atom. The van der Waals surface area contributed by atoms with E-state index in [0.717, 1.165) is 0 Å². The van der Waals surface area contributed by atoms with E-state index in [-0.39, 0.29) is 5.82 Å². The quantitative estimate of drug-likeness (QED) is 0.697. The Morgan fingerprint density at radius 2 is 2.08 bits per heavy atom. The van der Waals surface area contributed by atoms with E-state index in [1.807, 2.05) is 0 Å². The lowest BCUT2D eigenvalue weighted by atomic mass is 10.1. The summed E-state index contributed by atoms with van der Waals surface area (Å²) < 4.78 is 13.2. The highest BCUT2D eigenvalue weighted by Crippen LogP contribution is 2.24. The molecule has 0 aliphatic carbocycles. The second-order valence-corrected chi connectivity index (χ2v) is 2.64. The molecule has 1 aromatic heterocycles. The van der Waals surface area contributed by atoms with Gasteiger partial charge in [0, 0.05) is 5.56 Å². The number of nitrogen functional groups attached to an aromatic ring is 1. The van der Waals surface area contributed by atoms with Crippen molar-refractivity contribution in [3.8, 4) is 11.3 Å². The second kappa shape index (κ2) is 2.90. The van der Waals surface area contributed by atoms with Gasteiger partial charge < -0.3 is 10.7 Å². The Labute approximate surface area is 74.4 Å². The van der Waals surface area contributed by atoms with Crippen LogP contribution in [0.3, 0.4) is 0 Å². The second-order valence-electron chi connectivity index (χ2n) is 2.64. The number of hydrogen-bond donors (Lipinski definition) is 2. The lowest BCUT2D eigenvalue weighted by Crippen LogP contribution is -1.90. The van der Waals surface area contributed by atoms with E-state index in [4.69, 9.17) is 5.73 Å². The summed E-state index contributed by atoms with van der Waals surface area (Å²) in [6, 6.07) is 6.42. The van der Waals surface area contributed by atoms with Crippen molar-refractivity contribution < 1.29 is 4.39 Å². The van der Waals surface area contributed by atoms with E-state index in [9.17, 15) is 4.39 Å². The number of H-pyrrole nitrogens is 1. The average molecular weight is 177 g/mol. The van der Waals surface area contributed by atoms with Crippen molar-refractivity contribution in [2.75, 3.05) is 5.73 Å². The van der Waals surface area contributed by atoms with Gasteiger partial charge in [-0.1, -0.05) is 12.1 Å². The fourth-order valence-corrected chi connectivity index (χ4v) is 1.18. The van der Waals surface area contributed by atoms with E-state index < -0.39 is 0 Å². The molecule has 2 rings (SSSR count). The van der Waals surface area contributed by atoms with Crippen LogP contribution in [-0.4, -0.2) is 9.97 Å². The van der Waals surface area contributed by atoms with Gasteiger partial charge in [0.15, 0.2) is 0 Å². The van der Waals surface area contributed by atoms with Crippen LogP contribution in [0, 0.1) is 5.82 Å². The van der Waals surface area contributed by atoms with Crippen LogP contribution in [-0.2, 0) is 0 Å². The van der Waals surface area contributed by atoms with Crippen LogP contribution >= 0.6 is 0 Å². The molecule has 0 saturated heterocycles. The maximum atomic E-state index is 13.2. The van der Waals surface area contributed by atoms with Crippen LogP contribution in [0.25, 0.3) is 11.3 Å². The highest BCUT2D eigenvalue weighted by molar-refractivity contribution is 5.70. The molecule has 0 aliphatic heterocycles. The molecular weight excluding hydrogens is 169 g/mol. The molecule has 13 heavy (non-hydrogen) atoms. The first-order chi connectivity index (χ1) is 6.29. The number of benzene rings is 1. The minimum Gasteiger partial charge on any atom is -0.382 e. The first kappa shape index (κ1) is 7.79. The van der Waals surface area contributed by atoms with Crippen molar-refractivity contribution in [3.63, 3.8) is 0 Å². The minimum absolute atomic E-state index is 0.307. The van der Waals surface area contributed by atoms with Gasteiger partial charge in [-0.25, -0.2) is 9.37 Å². The van der Waals surface area contributed by atoms with E-state index in [1.165, 1.54) is 12.4 Å². The van der Waals surface area contributed by atoms with Crippen molar-refractivity contribution in [3.05, 3.63) is 36.4 Å². The Bertz CT molecular complexity index is 422. The van der Waals surface area contributed by atoms with Crippen molar-refractivity contribution in [2.24, 2.45) is 0 Å². The molecule has 3 nitrogen and oxygen atoms in total. The number of nitrogens with two attached hydrogens (primary N) is 1. The molecule has 4 heteroatoms. The maximum absolute atomic E-state index is 13.2. The Hall–Kier alpha value is -1.84. The summed E-state index contributed by atoms with van der Waals surface area (Å²) in [5.41, 5.74) is 6.50. The molecule has 3 N–H and O–H groups in total. The fraction of sp³-hybridized carbons (Fsp3) is 0. The third kappa shape index (κ3) is 1.26. The molecule has 66 valence electrons. The van der Waals surface area contributed by atoms with Crippen molar-refractivity contribution in [1.29, 1.82) is 0 Å². The highest BCUT2D eigenvalue weighted by Gasteiger charge is 2.08. The largest absolute Gasteiger partial charge is 0.382 e. The normalized spacial score (nSPS) is 10.2. The number of nitrogens with zero attached hydrogens (tertiary/aromatic N) is 1. The van der Waals surface area contributed by atoms with E-state index >= 15 is 0 Å². The number of nitrogens with one attached hydrogen (secondary N) is 1. The summed E-state index contributed by atoms with van der Waals surface area (Å²) in [6.45, 7) is 0. The number of rotatable bonds is 1. The number of imidazole rings is 1. The molecule has 0 unspecified atom stereocenters. The smallest absolute Gasteiger partial charge is 0.149 e. The molecule has 1 aromatic carbocycles. The van der Waals surface area contributed by atoms with Gasteiger partial charge in [-0.2, -0.15) is 0 Å². The summed E-state index contributed by atoms with van der Waals surface area (Å²) in [7, 11) is 0. The average Bonchev–Trinajstić information content (AvgIpc) is 2.52. The number of hydrogen-bond acceptors (Lipinski definition) is 2. The van der Waals surface area contributed by atoms with Gasteiger partial charge in [0.2, 0.25) is 0 Å². The molecule has 0 fully saturated rings. The van der Waals surface area contributed by atoms with Crippen LogP contribution in [0.2, 0.25) is 0 Å². The lowest BCUT2D eigenvalue weighted by Gasteiger charge is -1.99. The Balaban J connectivity index is 2.59. The summed E-state index contributed by atoms with van der Waals surface area (Å²) in [4.78, 5) is 6.58. The SMILES string of the molecule is Nc1nc[nH]c1-c1ccccc1F. The number of aromatic amines is 1. The summed E-state index contributed by atoms with van der Waals surface area (Å²) in [5.74, 6) is 0.00329. The third-order valence-electron chi connectivity index (χ3n) is 1.81. The first-order valence-corrected chi connectivity index (χ1v) is 3.83. The van der Waals surface area contributed by atoms with Crippen molar-refractivity contribution >= 4 is 5.82 Å². The van der Waals surface area contributed by atoms with Gasteiger partial charge in [-0.05, 0) is 12.1 Å². The van der Waals surface area contributed by atoms with Crippen molar-refractivity contribution in [2.45, 2.75) is 0 Å². The molecule has 2 aromatic rings. The predicted molar refractivity (Wildman–Crippen MR) is 48.4 cm³/mol. The van der Waals surface area contributed by atoms with Crippen LogP contribution in [0.15, 0.2) is 30.6 Å². The molecule has 0 atom stereocenters. The summed E-state index contributed by atoms with van der Waals surface area (Å²) in [5, 5.41) is 0. The zero-order valence-corrected chi connectivity index (χ0v) is 6.79. The molecule has 0 amide bonds. The van der Waals surface area contributed by atoms with Crippen LogP contribution in [0.1, 0.15) is 0 Å². The molecular formula is C9H8FN3. The lowest BCUT2D eigenvalue weighted by molar-refractivity contribution is 0.631. The van der Waals surface area contributed by atoms with Gasteiger partial charge >= 0.3 is 0 Å². The number of anilines is 1. The molecule has 0 radical (unpaired) electrons. The third-order valence-corrected chi connectivity index (χ3v) is 1.81. The highest BCUT2D eigenvalue weighted by atomic mass is 19.1. The van der Waals surface area contributed by atoms with Gasteiger partial charge in [0.1, 0.15) is 11.6 Å². The van der Waals surface area contributed by atoms with E-state index in [1.54, 1.807) is 18.2 Å². The van der Waals surface area contributed by atoms with Gasteiger partial charge in [-0.3, -0.25) is 0 Å². The van der Waals surface area contributed by atoms with Crippen molar-refractivity contribution in [1.82, 2.24) is 9.97 Å². The predicted octanol–water partition coefficient (Wildman–Crippen LogP) is 1.80. The Morgan fingerprint density at radius 1 is 1.31 bits per heavy atom. The summed E-state index contributed by atoms with van der Waals surface area (Å²) >= 11 is 0. The first-order valence-electron chi connectivity index (χ1n) is 3.83. The van der Waals surface area contributed by atoms with Crippen LogP contribution in [0.5, 0.6) is 0 Å². The molecule has 0 bridgehead atoms. The molecule has 0 aliphatic rings. The fourth-order valence-electron chi connectivity index (χ4n) is 1.18. The van der Waals surface area contributed by atoms with Gasteiger partial charge in [-0.15, -0.1) is 0 Å². The standard InChI is InChI=1S/C9H8FN3/c10-7-4-2-1-3-6(7)8-9(11)13-5-12-8/h1-5H,11H2,(H,12,13). The maximum Gasteiger partial charge on any atom is 0.149 e. The molecule has 0 spiro atoms. The zero-order valence-electron chi connectivity index (χ0n) is 6.79. The molecule has 0 saturated carbocycles. The van der Waals surface area contributed by atoms with Crippen LogP contribution in [0.4, 0.5) is 10.2 Å².